The molecular formula is C20H34N2O4S. The molecule has 0 radical (unpaired) electrons. The van der Waals surface area contributed by atoms with E-state index >= 15 is 0 Å². The molecular weight excluding hydrogens is 364 g/mol. The number of quaternary nitrogens is 1. The predicted molar refractivity (Wildman–Crippen MR) is 109 cm³/mol. The van der Waals surface area contributed by atoms with Gasteiger partial charge in [0.25, 0.3) is 0 Å². The number of hydrogen-bond donors (Lipinski definition) is 1. The molecule has 0 aliphatic carbocycles. The Morgan fingerprint density at radius 3 is 2.04 bits per heavy atom. The molecule has 0 saturated carbocycles. The molecule has 0 spiro atoms. The summed E-state index contributed by atoms with van der Waals surface area (Å²) in [6.45, 7) is 17.5. The zero-order chi connectivity index (χ0) is 20.9. The summed E-state index contributed by atoms with van der Waals surface area (Å²) in [5.74, 6) is -0.448. The number of nitrogens with zero attached hydrogens (tertiary/aromatic N) is 1. The lowest BCUT2D eigenvalue weighted by Gasteiger charge is -2.35. The minimum atomic E-state index is -4.13. The highest BCUT2D eigenvalue weighted by atomic mass is 32.2. The van der Waals surface area contributed by atoms with Crippen LogP contribution in [0, 0.1) is 0 Å². The Morgan fingerprint density at radius 1 is 1.11 bits per heavy atom. The maximum Gasteiger partial charge on any atom is 0.246 e. The van der Waals surface area contributed by atoms with Gasteiger partial charge >= 0.3 is 0 Å². The van der Waals surface area contributed by atoms with Crippen molar-refractivity contribution in [2.75, 3.05) is 32.7 Å². The van der Waals surface area contributed by atoms with Crippen molar-refractivity contribution in [2.45, 2.75) is 39.9 Å². The number of amides is 1. The molecule has 1 amide bonds. The average molecular weight is 399 g/mol. The van der Waals surface area contributed by atoms with Crippen LogP contribution in [-0.4, -0.2) is 56.1 Å². The van der Waals surface area contributed by atoms with Crippen LogP contribution >= 0.6 is 0 Å². The molecule has 0 fully saturated rings. The molecule has 1 rings (SSSR count). The van der Waals surface area contributed by atoms with Crippen molar-refractivity contribution in [1.82, 2.24) is 5.32 Å². The quantitative estimate of drug-likeness (QED) is 0.284. The second kappa shape index (κ2) is 12.6. The average Bonchev–Trinajstić information content (AvgIpc) is 2.62. The van der Waals surface area contributed by atoms with Crippen LogP contribution in [0.15, 0.2) is 42.5 Å². The van der Waals surface area contributed by atoms with Crippen molar-refractivity contribution in [3.8, 4) is 0 Å². The van der Waals surface area contributed by atoms with Crippen molar-refractivity contribution in [2.24, 2.45) is 0 Å². The summed E-state index contributed by atoms with van der Waals surface area (Å²) in [5.41, 5.74) is 1.12. The molecule has 0 aromatic heterocycles. The van der Waals surface area contributed by atoms with Gasteiger partial charge in [-0.2, -0.15) is 0 Å². The van der Waals surface area contributed by atoms with Crippen LogP contribution < -0.4 is 5.32 Å². The summed E-state index contributed by atoms with van der Waals surface area (Å²) >= 11 is 0. The van der Waals surface area contributed by atoms with Crippen molar-refractivity contribution in [3.05, 3.63) is 48.0 Å². The Bertz CT molecular complexity index is 660. The molecule has 6 nitrogen and oxygen atoms in total. The molecule has 0 aliphatic rings. The summed E-state index contributed by atoms with van der Waals surface area (Å²) in [6, 6.07) is 8.37. The molecule has 27 heavy (non-hydrogen) atoms. The minimum Gasteiger partial charge on any atom is -0.748 e. The molecule has 0 atom stereocenters. The summed E-state index contributed by atoms with van der Waals surface area (Å²) in [6.07, 6.45) is 1.04. The van der Waals surface area contributed by atoms with E-state index in [1.807, 2.05) is 0 Å². The van der Waals surface area contributed by atoms with Gasteiger partial charge in [-0.1, -0.05) is 36.9 Å². The Kier molecular flexibility index (Phi) is 11.8. The van der Waals surface area contributed by atoms with Crippen molar-refractivity contribution in [1.29, 1.82) is 0 Å². The number of carbonyl (C=O) groups is 1. The van der Waals surface area contributed by atoms with Crippen LogP contribution in [0.2, 0.25) is 0 Å². The molecule has 0 unspecified atom stereocenters. The Balaban J connectivity index is 0.000000533. The lowest BCUT2D eigenvalue weighted by molar-refractivity contribution is -0.923. The van der Waals surface area contributed by atoms with Crippen molar-refractivity contribution >= 4 is 16.0 Å². The molecule has 1 N–H and O–H groups in total. The van der Waals surface area contributed by atoms with Crippen molar-refractivity contribution < 1.29 is 22.2 Å². The van der Waals surface area contributed by atoms with E-state index in [0.717, 1.165) is 24.0 Å². The summed E-state index contributed by atoms with van der Waals surface area (Å²) in [5, 5.41) is 2.88. The minimum absolute atomic E-state index is 0.0254. The smallest absolute Gasteiger partial charge is 0.246 e. The van der Waals surface area contributed by atoms with E-state index in [-0.39, 0.29) is 5.91 Å². The maximum atomic E-state index is 11.3. The van der Waals surface area contributed by atoms with E-state index in [1.54, 1.807) is 37.3 Å². The lowest BCUT2D eigenvalue weighted by Crippen LogP contribution is -2.48. The van der Waals surface area contributed by atoms with Gasteiger partial charge in [0.15, 0.2) is 0 Å². The van der Waals surface area contributed by atoms with E-state index in [9.17, 15) is 17.8 Å². The van der Waals surface area contributed by atoms with E-state index in [4.69, 9.17) is 0 Å². The fourth-order valence-electron chi connectivity index (χ4n) is 2.69. The number of hydrogen-bond acceptors (Lipinski definition) is 4. The second-order valence-corrected chi connectivity index (χ2v) is 8.00. The zero-order valence-electron chi connectivity index (χ0n) is 17.0. The first-order valence-corrected chi connectivity index (χ1v) is 10.9. The molecule has 154 valence electrons. The lowest BCUT2D eigenvalue weighted by atomic mass is 10.2. The zero-order valence-corrected chi connectivity index (χ0v) is 17.8. The third-order valence-corrected chi connectivity index (χ3v) is 5.37. The fraction of sp³-hybridized carbons (Fsp3) is 0.550. The van der Waals surface area contributed by atoms with Gasteiger partial charge in [0.1, 0.15) is 0 Å². The van der Waals surface area contributed by atoms with Gasteiger partial charge in [0.2, 0.25) is 5.91 Å². The standard InChI is InChI=1S/C13H26N2O.C7H8O3S/c1-6-15(7-2,8-3)11-9-10-14-13(16)12(4)5;8-11(9,10)6-7-4-2-1-3-5-7/h4,6-11H2,1-3,5H3;1-5H,6H2,(H,8,9,10). The number of carbonyl (C=O) groups excluding carboxylic acids is 1. The van der Waals surface area contributed by atoms with Crippen molar-refractivity contribution in [3.63, 3.8) is 0 Å². The van der Waals surface area contributed by atoms with Gasteiger partial charge in [-0.25, -0.2) is 8.42 Å². The van der Waals surface area contributed by atoms with Crippen LogP contribution in [0.5, 0.6) is 0 Å². The molecule has 1 aromatic carbocycles. The van der Waals surface area contributed by atoms with Crippen LogP contribution in [-0.2, 0) is 20.7 Å². The maximum absolute atomic E-state index is 11.3. The molecule has 0 heterocycles. The first-order valence-electron chi connectivity index (χ1n) is 9.35. The molecule has 0 saturated heterocycles. The molecule has 1 aromatic rings. The topological polar surface area (TPSA) is 86.3 Å². The van der Waals surface area contributed by atoms with Crippen LogP contribution in [0.1, 0.15) is 39.7 Å². The van der Waals surface area contributed by atoms with E-state index in [2.05, 4.69) is 32.7 Å². The molecule has 0 bridgehead atoms. The summed E-state index contributed by atoms with van der Waals surface area (Å²) in [7, 11) is -4.13. The van der Waals surface area contributed by atoms with Crippen LogP contribution in [0.25, 0.3) is 0 Å². The highest BCUT2D eigenvalue weighted by molar-refractivity contribution is 7.84. The highest BCUT2D eigenvalue weighted by Crippen LogP contribution is 2.06. The first-order chi connectivity index (χ1) is 12.6. The van der Waals surface area contributed by atoms with Gasteiger partial charge < -0.3 is 14.4 Å². The Hall–Kier alpha value is -1.70. The molecule has 0 aliphatic heterocycles. The van der Waals surface area contributed by atoms with Crippen LogP contribution in [0.3, 0.4) is 0 Å². The Labute approximate surface area is 164 Å². The van der Waals surface area contributed by atoms with Gasteiger partial charge in [0.05, 0.1) is 42.1 Å². The van der Waals surface area contributed by atoms with Gasteiger partial charge in [-0.3, -0.25) is 4.79 Å². The van der Waals surface area contributed by atoms with E-state index < -0.39 is 15.9 Å². The van der Waals surface area contributed by atoms with E-state index in [1.165, 1.54) is 19.6 Å². The largest absolute Gasteiger partial charge is 0.748 e. The third-order valence-electron chi connectivity index (χ3n) is 4.68. The monoisotopic (exact) mass is 398 g/mol. The third kappa shape index (κ3) is 11.6. The number of nitrogens with one attached hydrogen (secondary N) is 1. The normalized spacial score (nSPS) is 11.3. The summed E-state index contributed by atoms with van der Waals surface area (Å²) < 4.78 is 31.9. The number of benzene rings is 1. The molecule has 7 heteroatoms. The van der Waals surface area contributed by atoms with Gasteiger partial charge in [-0.05, 0) is 33.3 Å². The second-order valence-electron chi connectivity index (χ2n) is 6.59. The fourth-order valence-corrected chi connectivity index (χ4v) is 3.29. The van der Waals surface area contributed by atoms with Gasteiger partial charge in [0, 0.05) is 18.5 Å². The van der Waals surface area contributed by atoms with Gasteiger partial charge in [-0.15, -0.1) is 0 Å². The highest BCUT2D eigenvalue weighted by Gasteiger charge is 2.19. The van der Waals surface area contributed by atoms with E-state index in [0.29, 0.717) is 11.1 Å². The summed E-state index contributed by atoms with van der Waals surface area (Å²) in [4.78, 5) is 11.3. The van der Waals surface area contributed by atoms with Crippen LogP contribution in [0.4, 0.5) is 0 Å². The predicted octanol–water partition coefficient (Wildman–Crippen LogP) is 2.68. The first kappa shape index (κ1) is 25.3. The Morgan fingerprint density at radius 2 is 1.63 bits per heavy atom. The SMILES string of the molecule is C=C(C)C(=O)NCCC[N+](CC)(CC)CC.O=S(=O)([O-])Cc1ccccc1. The number of rotatable bonds is 10.